The maximum Gasteiger partial charge on any atom is 0.245 e. The molecule has 3 heterocycles. The number of hydrogen-bond acceptors (Lipinski definition) is 8. The van der Waals surface area contributed by atoms with E-state index in [1.54, 1.807) is 24.4 Å². The minimum absolute atomic E-state index is 0.112. The minimum atomic E-state index is -3.67. The van der Waals surface area contributed by atoms with Crippen LogP contribution >= 0.6 is 11.7 Å². The second kappa shape index (κ2) is 8.85. The van der Waals surface area contributed by atoms with Gasteiger partial charge in [-0.2, -0.15) is 18.2 Å². The standard InChI is InChI=1S/C20H25N7O3S2/c28-19(22-18-8-9-21-27(18)15-4-1-2-5-15)14-25-10-12-26(13-11-25)32(29,30)17-7-3-6-16-20(17)24-31-23-16/h3,6-9,15H,1-2,4-5,10-14H2,(H,22,28). The zero-order chi connectivity index (χ0) is 22.1. The highest BCUT2D eigenvalue weighted by molar-refractivity contribution is 7.89. The van der Waals surface area contributed by atoms with E-state index in [4.69, 9.17) is 0 Å². The number of sulfonamides is 1. The number of anilines is 1. The van der Waals surface area contributed by atoms with E-state index < -0.39 is 10.0 Å². The molecule has 0 unspecified atom stereocenters. The van der Waals surface area contributed by atoms with Crippen LogP contribution in [0.2, 0.25) is 0 Å². The summed E-state index contributed by atoms with van der Waals surface area (Å²) in [5.41, 5.74) is 1.00. The fraction of sp³-hybridized carbons (Fsp3) is 0.500. The van der Waals surface area contributed by atoms with Crippen LogP contribution in [-0.4, -0.2) is 74.8 Å². The number of benzene rings is 1. The van der Waals surface area contributed by atoms with Crippen molar-refractivity contribution in [2.24, 2.45) is 0 Å². The summed E-state index contributed by atoms with van der Waals surface area (Å²) in [7, 11) is -3.67. The first kappa shape index (κ1) is 21.4. The maximum absolute atomic E-state index is 13.2. The number of carbonyl (C=O) groups excluding carboxylic acids is 1. The van der Waals surface area contributed by atoms with Crippen LogP contribution in [0.25, 0.3) is 11.0 Å². The van der Waals surface area contributed by atoms with Crippen LogP contribution in [-0.2, 0) is 14.8 Å². The van der Waals surface area contributed by atoms with E-state index in [2.05, 4.69) is 19.2 Å². The van der Waals surface area contributed by atoms with Gasteiger partial charge in [-0.25, -0.2) is 13.1 Å². The van der Waals surface area contributed by atoms with E-state index in [-0.39, 0.29) is 17.3 Å². The highest BCUT2D eigenvalue weighted by atomic mass is 32.2. The molecule has 0 spiro atoms. The Bertz CT molecular complexity index is 1210. The van der Waals surface area contributed by atoms with Gasteiger partial charge in [0.25, 0.3) is 0 Å². The fourth-order valence-electron chi connectivity index (χ4n) is 4.50. The van der Waals surface area contributed by atoms with Crippen LogP contribution in [0.5, 0.6) is 0 Å². The Hall–Kier alpha value is -2.41. The predicted octanol–water partition coefficient (Wildman–Crippen LogP) is 1.95. The fourth-order valence-corrected chi connectivity index (χ4v) is 6.67. The Labute approximate surface area is 190 Å². The van der Waals surface area contributed by atoms with E-state index in [0.717, 1.165) is 30.4 Å². The van der Waals surface area contributed by atoms with Crippen LogP contribution in [0.1, 0.15) is 31.7 Å². The molecule has 2 aliphatic rings. The summed E-state index contributed by atoms with van der Waals surface area (Å²) in [5, 5.41) is 7.36. The van der Waals surface area contributed by atoms with Gasteiger partial charge in [0, 0.05) is 32.2 Å². The number of amides is 1. The van der Waals surface area contributed by atoms with Crippen LogP contribution in [0.15, 0.2) is 35.4 Å². The lowest BCUT2D eigenvalue weighted by Crippen LogP contribution is -2.50. The van der Waals surface area contributed by atoms with Crippen molar-refractivity contribution in [2.45, 2.75) is 36.6 Å². The summed E-state index contributed by atoms with van der Waals surface area (Å²) >= 11 is 1.01. The molecule has 1 N–H and O–H groups in total. The lowest BCUT2D eigenvalue weighted by Gasteiger charge is -2.33. The average Bonchev–Trinajstić information content (AvgIpc) is 3.55. The third-order valence-corrected chi connectivity index (χ3v) is 8.65. The molecule has 2 aromatic heterocycles. The first-order valence-corrected chi connectivity index (χ1v) is 13.0. The zero-order valence-corrected chi connectivity index (χ0v) is 19.2. The van der Waals surface area contributed by atoms with Crippen LogP contribution in [0.4, 0.5) is 5.82 Å². The summed E-state index contributed by atoms with van der Waals surface area (Å²) in [6.07, 6.45) is 6.28. The molecule has 12 heteroatoms. The number of aromatic nitrogens is 4. The summed E-state index contributed by atoms with van der Waals surface area (Å²) in [5.74, 6) is 0.618. The highest BCUT2D eigenvalue weighted by Crippen LogP contribution is 2.31. The molecule has 3 aromatic rings. The summed E-state index contributed by atoms with van der Waals surface area (Å²) < 4.78 is 38.0. The van der Waals surface area contributed by atoms with Gasteiger partial charge in [0.2, 0.25) is 15.9 Å². The molecular formula is C20H25N7O3S2. The van der Waals surface area contributed by atoms with Crippen molar-refractivity contribution in [2.75, 3.05) is 38.0 Å². The molecule has 170 valence electrons. The topological polar surface area (TPSA) is 113 Å². The summed E-state index contributed by atoms with van der Waals surface area (Å²) in [6.45, 7) is 1.84. The Balaban J connectivity index is 1.19. The first-order chi connectivity index (χ1) is 15.5. The molecule has 0 atom stereocenters. The number of nitrogens with zero attached hydrogens (tertiary/aromatic N) is 6. The highest BCUT2D eigenvalue weighted by Gasteiger charge is 2.31. The quantitative estimate of drug-likeness (QED) is 0.580. The normalized spacial score (nSPS) is 19.0. The van der Waals surface area contributed by atoms with Gasteiger partial charge in [-0.05, 0) is 25.0 Å². The summed E-state index contributed by atoms with van der Waals surface area (Å²) in [6, 6.07) is 7.20. The third kappa shape index (κ3) is 4.15. The van der Waals surface area contributed by atoms with Gasteiger partial charge in [-0.1, -0.05) is 18.9 Å². The molecule has 1 aliphatic carbocycles. The number of rotatable bonds is 6. The van der Waals surface area contributed by atoms with E-state index >= 15 is 0 Å². The number of hydrogen-bond donors (Lipinski definition) is 1. The molecule has 1 amide bonds. The molecule has 2 fully saturated rings. The molecule has 1 saturated heterocycles. The molecule has 5 rings (SSSR count). The smallest absolute Gasteiger partial charge is 0.245 e. The Morgan fingerprint density at radius 2 is 1.88 bits per heavy atom. The van der Waals surface area contributed by atoms with Gasteiger partial charge in [0.1, 0.15) is 21.7 Å². The minimum Gasteiger partial charge on any atom is -0.310 e. The van der Waals surface area contributed by atoms with Gasteiger partial charge < -0.3 is 5.32 Å². The lowest BCUT2D eigenvalue weighted by molar-refractivity contribution is -0.117. The average molecular weight is 476 g/mol. The zero-order valence-electron chi connectivity index (χ0n) is 17.6. The number of fused-ring (bicyclic) bond motifs is 1. The van der Waals surface area contributed by atoms with Crippen molar-refractivity contribution in [1.82, 2.24) is 27.7 Å². The molecule has 32 heavy (non-hydrogen) atoms. The van der Waals surface area contributed by atoms with Gasteiger partial charge >= 0.3 is 0 Å². The van der Waals surface area contributed by atoms with E-state index in [9.17, 15) is 13.2 Å². The lowest BCUT2D eigenvalue weighted by atomic mass is 10.2. The van der Waals surface area contributed by atoms with Crippen molar-refractivity contribution >= 4 is 44.5 Å². The van der Waals surface area contributed by atoms with Crippen molar-refractivity contribution in [3.63, 3.8) is 0 Å². The van der Waals surface area contributed by atoms with Crippen LogP contribution in [0.3, 0.4) is 0 Å². The third-order valence-electron chi connectivity index (χ3n) is 6.17. The summed E-state index contributed by atoms with van der Waals surface area (Å²) in [4.78, 5) is 14.8. The number of carbonyl (C=O) groups is 1. The molecular weight excluding hydrogens is 450 g/mol. The second-order valence-electron chi connectivity index (χ2n) is 8.22. The Morgan fingerprint density at radius 1 is 1.09 bits per heavy atom. The van der Waals surface area contributed by atoms with Crippen molar-refractivity contribution < 1.29 is 13.2 Å². The van der Waals surface area contributed by atoms with Crippen LogP contribution in [0, 0.1) is 0 Å². The van der Waals surface area contributed by atoms with E-state index in [0.29, 0.717) is 43.3 Å². The molecule has 1 saturated carbocycles. The SMILES string of the molecule is O=C(CN1CCN(S(=O)(=O)c2cccc3nsnc23)CC1)Nc1ccnn1C1CCCC1. The maximum atomic E-state index is 13.2. The monoisotopic (exact) mass is 475 g/mol. The van der Waals surface area contributed by atoms with Crippen LogP contribution < -0.4 is 5.32 Å². The number of nitrogens with one attached hydrogen (secondary N) is 1. The molecule has 0 bridgehead atoms. The van der Waals surface area contributed by atoms with E-state index in [1.807, 2.05) is 15.6 Å². The second-order valence-corrected chi connectivity index (χ2v) is 10.7. The molecule has 1 aromatic carbocycles. The van der Waals surface area contributed by atoms with Crippen molar-refractivity contribution in [3.8, 4) is 0 Å². The van der Waals surface area contributed by atoms with Crippen molar-refractivity contribution in [3.05, 3.63) is 30.5 Å². The molecule has 1 aliphatic heterocycles. The number of piperazine rings is 1. The molecule has 10 nitrogen and oxygen atoms in total. The largest absolute Gasteiger partial charge is 0.310 e. The van der Waals surface area contributed by atoms with Gasteiger partial charge in [0.15, 0.2) is 0 Å². The molecule has 0 radical (unpaired) electrons. The van der Waals surface area contributed by atoms with E-state index in [1.165, 1.54) is 17.1 Å². The Morgan fingerprint density at radius 3 is 2.66 bits per heavy atom. The van der Waals surface area contributed by atoms with Crippen molar-refractivity contribution in [1.29, 1.82) is 0 Å². The van der Waals surface area contributed by atoms with Gasteiger partial charge in [0.05, 0.1) is 30.5 Å². The van der Waals surface area contributed by atoms with Gasteiger partial charge in [-0.3, -0.25) is 9.69 Å². The first-order valence-electron chi connectivity index (χ1n) is 10.8. The predicted molar refractivity (Wildman–Crippen MR) is 121 cm³/mol. The van der Waals surface area contributed by atoms with Gasteiger partial charge in [-0.15, -0.1) is 0 Å². The Kier molecular flexibility index (Phi) is 5.93.